The van der Waals surface area contributed by atoms with Crippen LogP contribution in [-0.2, 0) is 4.79 Å². The van der Waals surface area contributed by atoms with Crippen LogP contribution in [0.4, 0.5) is 0 Å². The van der Waals surface area contributed by atoms with Crippen LogP contribution < -0.4 is 5.32 Å². The third-order valence-corrected chi connectivity index (χ3v) is 4.16. The van der Waals surface area contributed by atoms with Gasteiger partial charge in [0, 0.05) is 24.4 Å². The second-order valence-electron chi connectivity index (χ2n) is 5.96. The number of benzene rings is 1. The lowest BCUT2D eigenvalue weighted by molar-refractivity contribution is -0.121. The summed E-state index contributed by atoms with van der Waals surface area (Å²) in [5, 5.41) is 3.04. The molecule has 2 rings (SSSR count). The van der Waals surface area contributed by atoms with Crippen LogP contribution in [-0.4, -0.2) is 17.7 Å². The highest BCUT2D eigenvalue weighted by Crippen LogP contribution is 2.20. The van der Waals surface area contributed by atoms with Gasteiger partial charge in [-0.05, 0) is 39.0 Å². The normalized spacial score (nSPS) is 15.8. The van der Waals surface area contributed by atoms with Crippen molar-refractivity contribution >= 4 is 11.7 Å². The Balaban J connectivity index is 1.69. The van der Waals surface area contributed by atoms with Gasteiger partial charge in [-0.2, -0.15) is 0 Å². The van der Waals surface area contributed by atoms with E-state index in [0.29, 0.717) is 19.3 Å². The maximum atomic E-state index is 12.0. The van der Waals surface area contributed by atoms with Crippen molar-refractivity contribution in [3.8, 4) is 0 Å². The van der Waals surface area contributed by atoms with E-state index in [-0.39, 0.29) is 17.7 Å². The van der Waals surface area contributed by atoms with Gasteiger partial charge in [-0.25, -0.2) is 0 Å². The van der Waals surface area contributed by atoms with E-state index in [1.54, 1.807) is 0 Å². The highest BCUT2D eigenvalue weighted by molar-refractivity contribution is 5.96. The van der Waals surface area contributed by atoms with Crippen molar-refractivity contribution in [2.75, 3.05) is 0 Å². The average Bonchev–Trinajstić information content (AvgIpc) is 2.56. The van der Waals surface area contributed by atoms with E-state index in [2.05, 4.69) is 11.4 Å². The summed E-state index contributed by atoms with van der Waals surface area (Å²) >= 11 is 0. The Bertz CT molecular complexity index is 534. The van der Waals surface area contributed by atoms with Crippen molar-refractivity contribution in [3.63, 3.8) is 0 Å². The largest absolute Gasteiger partial charge is 0.350 e. The van der Waals surface area contributed by atoms with Gasteiger partial charge >= 0.3 is 0 Å². The Kier molecular flexibility index (Phi) is 6.38. The summed E-state index contributed by atoms with van der Waals surface area (Å²) in [7, 11) is 0. The van der Waals surface area contributed by atoms with Crippen molar-refractivity contribution in [3.05, 3.63) is 47.5 Å². The molecule has 1 unspecified atom stereocenters. The molecule has 1 aromatic carbocycles. The lowest BCUT2D eigenvalue weighted by atomic mass is 9.94. The summed E-state index contributed by atoms with van der Waals surface area (Å²) in [5.74, 6) is 0.149. The van der Waals surface area contributed by atoms with Crippen LogP contribution in [0.15, 0.2) is 42.0 Å². The van der Waals surface area contributed by atoms with Crippen LogP contribution >= 0.6 is 0 Å². The van der Waals surface area contributed by atoms with E-state index in [1.807, 2.05) is 37.3 Å². The molecule has 1 aliphatic rings. The standard InChI is InChI=1S/C19H25NO2/c1-15(16-9-4-2-5-10-16)20-19(22)14-8-13-18(21)17-11-6-3-7-12-17/h3,6-7,9,11-12,15H,2,4-5,8,10,13-14H2,1H3,(H,20,22). The summed E-state index contributed by atoms with van der Waals surface area (Å²) in [6.45, 7) is 2.05. The lowest BCUT2D eigenvalue weighted by Gasteiger charge is -2.20. The second kappa shape index (κ2) is 8.52. The summed E-state index contributed by atoms with van der Waals surface area (Å²) < 4.78 is 0. The Morgan fingerprint density at radius 2 is 1.91 bits per heavy atom. The minimum Gasteiger partial charge on any atom is -0.350 e. The molecule has 1 atom stereocenters. The molecule has 22 heavy (non-hydrogen) atoms. The smallest absolute Gasteiger partial charge is 0.220 e. The molecule has 1 aromatic rings. The molecule has 1 amide bonds. The number of carbonyl (C=O) groups excluding carboxylic acids is 2. The number of allylic oxidation sites excluding steroid dienone is 1. The fraction of sp³-hybridized carbons (Fsp3) is 0.474. The van der Waals surface area contributed by atoms with E-state index in [0.717, 1.165) is 18.4 Å². The van der Waals surface area contributed by atoms with Crippen molar-refractivity contribution in [2.45, 2.75) is 57.9 Å². The van der Waals surface area contributed by atoms with Gasteiger partial charge in [0.25, 0.3) is 0 Å². The van der Waals surface area contributed by atoms with Crippen LogP contribution in [0, 0.1) is 0 Å². The lowest BCUT2D eigenvalue weighted by Crippen LogP contribution is -2.34. The molecule has 0 saturated heterocycles. The van der Waals surface area contributed by atoms with Gasteiger partial charge in [-0.3, -0.25) is 9.59 Å². The molecule has 1 N–H and O–H groups in total. The number of hydrogen-bond acceptors (Lipinski definition) is 2. The highest BCUT2D eigenvalue weighted by atomic mass is 16.1. The Hall–Kier alpha value is -1.90. The number of amides is 1. The molecule has 0 spiro atoms. The van der Waals surface area contributed by atoms with E-state index in [1.165, 1.54) is 18.4 Å². The van der Waals surface area contributed by atoms with Gasteiger partial charge in [0.15, 0.2) is 5.78 Å². The zero-order valence-corrected chi connectivity index (χ0v) is 13.3. The molecule has 3 heteroatoms. The molecule has 0 aliphatic heterocycles. The molecule has 0 fully saturated rings. The minimum absolute atomic E-state index is 0.0415. The van der Waals surface area contributed by atoms with E-state index < -0.39 is 0 Å². The topological polar surface area (TPSA) is 46.2 Å². The van der Waals surface area contributed by atoms with Gasteiger partial charge in [0.2, 0.25) is 5.91 Å². The monoisotopic (exact) mass is 299 g/mol. The van der Waals surface area contributed by atoms with Crippen LogP contribution in [0.1, 0.15) is 62.2 Å². The first-order chi connectivity index (χ1) is 10.7. The Morgan fingerprint density at radius 1 is 1.14 bits per heavy atom. The van der Waals surface area contributed by atoms with Crippen molar-refractivity contribution in [2.24, 2.45) is 0 Å². The van der Waals surface area contributed by atoms with Gasteiger partial charge < -0.3 is 5.32 Å². The third kappa shape index (κ3) is 5.14. The number of Topliss-reactive ketones (excluding diaryl/α,β-unsaturated/α-hetero) is 1. The molecule has 0 aromatic heterocycles. The summed E-state index contributed by atoms with van der Waals surface area (Å²) in [6.07, 6.45) is 8.39. The molecule has 3 nitrogen and oxygen atoms in total. The van der Waals surface area contributed by atoms with Crippen molar-refractivity contribution in [1.82, 2.24) is 5.32 Å². The molecule has 0 bridgehead atoms. The van der Waals surface area contributed by atoms with E-state index in [4.69, 9.17) is 0 Å². The summed E-state index contributed by atoms with van der Waals surface area (Å²) in [4.78, 5) is 23.9. The molecular weight excluding hydrogens is 274 g/mol. The van der Waals surface area contributed by atoms with Crippen LogP contribution in [0.5, 0.6) is 0 Å². The van der Waals surface area contributed by atoms with Crippen molar-refractivity contribution in [1.29, 1.82) is 0 Å². The summed E-state index contributed by atoms with van der Waals surface area (Å²) in [6, 6.07) is 9.38. The predicted molar refractivity (Wildman–Crippen MR) is 88.8 cm³/mol. The van der Waals surface area contributed by atoms with Gasteiger partial charge in [-0.15, -0.1) is 0 Å². The first-order valence-corrected chi connectivity index (χ1v) is 8.23. The minimum atomic E-state index is 0.0415. The van der Waals surface area contributed by atoms with Gasteiger partial charge in [0.1, 0.15) is 0 Å². The molecule has 0 radical (unpaired) electrons. The number of hydrogen-bond donors (Lipinski definition) is 1. The SMILES string of the molecule is CC(NC(=O)CCCC(=O)c1ccccc1)C1=CCCCC1. The van der Waals surface area contributed by atoms with Crippen LogP contribution in [0.2, 0.25) is 0 Å². The van der Waals surface area contributed by atoms with Crippen LogP contribution in [0.3, 0.4) is 0 Å². The first-order valence-electron chi connectivity index (χ1n) is 8.23. The van der Waals surface area contributed by atoms with Crippen molar-refractivity contribution < 1.29 is 9.59 Å². The van der Waals surface area contributed by atoms with Gasteiger partial charge in [-0.1, -0.05) is 42.0 Å². The number of ketones is 1. The third-order valence-electron chi connectivity index (χ3n) is 4.16. The fourth-order valence-corrected chi connectivity index (χ4v) is 2.84. The Labute approximate surface area is 132 Å². The predicted octanol–water partition coefficient (Wildman–Crippen LogP) is 4.04. The number of nitrogens with one attached hydrogen (secondary N) is 1. The number of carbonyl (C=O) groups is 2. The second-order valence-corrected chi connectivity index (χ2v) is 5.96. The van der Waals surface area contributed by atoms with Crippen LogP contribution in [0.25, 0.3) is 0 Å². The quantitative estimate of drug-likeness (QED) is 0.610. The average molecular weight is 299 g/mol. The fourth-order valence-electron chi connectivity index (χ4n) is 2.84. The van der Waals surface area contributed by atoms with E-state index >= 15 is 0 Å². The molecule has 0 heterocycles. The van der Waals surface area contributed by atoms with E-state index in [9.17, 15) is 9.59 Å². The zero-order chi connectivity index (χ0) is 15.8. The molecule has 0 saturated carbocycles. The number of rotatable bonds is 7. The molecule has 118 valence electrons. The highest BCUT2D eigenvalue weighted by Gasteiger charge is 2.14. The maximum absolute atomic E-state index is 12.0. The first kappa shape index (κ1) is 16.5. The van der Waals surface area contributed by atoms with Gasteiger partial charge in [0.05, 0.1) is 0 Å². The molecule has 1 aliphatic carbocycles. The summed E-state index contributed by atoms with van der Waals surface area (Å²) in [5.41, 5.74) is 2.07. The zero-order valence-electron chi connectivity index (χ0n) is 13.3. The molecular formula is C19H25NO2. The Morgan fingerprint density at radius 3 is 2.59 bits per heavy atom. The maximum Gasteiger partial charge on any atom is 0.220 e.